The SMILES string of the molecule is Cl.N[C@H]1CCC[C@H]1O.O=C1c2ccccc2C(=O)N1[C@H]1CCC[C@H]1O. The van der Waals surface area contributed by atoms with Gasteiger partial charge in [-0.15, -0.1) is 12.4 Å². The molecule has 6 nitrogen and oxygen atoms in total. The molecule has 1 aromatic rings. The Hall–Kier alpha value is -1.47. The number of imide groups is 1. The Morgan fingerprint density at radius 3 is 1.76 bits per heavy atom. The van der Waals surface area contributed by atoms with E-state index in [1.165, 1.54) is 4.90 Å². The van der Waals surface area contributed by atoms with Gasteiger partial charge in [-0.3, -0.25) is 14.5 Å². The van der Waals surface area contributed by atoms with Crippen molar-refractivity contribution < 1.29 is 19.8 Å². The van der Waals surface area contributed by atoms with Crippen LogP contribution in [0.5, 0.6) is 0 Å². The van der Waals surface area contributed by atoms with E-state index in [-0.39, 0.29) is 42.4 Å². The maximum Gasteiger partial charge on any atom is 0.261 e. The molecule has 2 saturated carbocycles. The molecule has 4 rings (SSSR count). The van der Waals surface area contributed by atoms with Gasteiger partial charge >= 0.3 is 0 Å². The van der Waals surface area contributed by atoms with Crippen molar-refractivity contribution in [2.75, 3.05) is 0 Å². The molecule has 2 fully saturated rings. The molecule has 0 bridgehead atoms. The fourth-order valence-corrected chi connectivity index (χ4v) is 3.70. The molecule has 0 aromatic heterocycles. The second-order valence-corrected chi connectivity index (χ2v) is 6.75. The Kier molecular flexibility index (Phi) is 6.57. The third-order valence-electron chi connectivity index (χ3n) is 5.13. The van der Waals surface area contributed by atoms with E-state index in [2.05, 4.69) is 0 Å². The highest BCUT2D eigenvalue weighted by atomic mass is 35.5. The van der Waals surface area contributed by atoms with Crippen LogP contribution in [0.1, 0.15) is 59.2 Å². The number of carbonyl (C=O) groups is 2. The summed E-state index contributed by atoms with van der Waals surface area (Å²) in [5.41, 5.74) is 6.34. The average molecular weight is 369 g/mol. The van der Waals surface area contributed by atoms with Crippen molar-refractivity contribution in [3.8, 4) is 0 Å². The standard InChI is InChI=1S/C13H13NO3.C5H11NO.ClH/c15-11-7-3-6-10(11)14-12(16)8-4-1-2-5-9(8)13(14)17;6-4-2-1-3-5(4)7;/h1-2,4-5,10-11,15H,3,6-7H2;4-5,7H,1-3,6H2;1H/t10-,11+;4-,5+;/m00./s1. The number of amides is 2. The molecule has 4 N–H and O–H groups in total. The minimum Gasteiger partial charge on any atom is -0.392 e. The summed E-state index contributed by atoms with van der Waals surface area (Å²) in [6.07, 6.45) is 4.45. The smallest absolute Gasteiger partial charge is 0.261 e. The fourth-order valence-electron chi connectivity index (χ4n) is 3.70. The van der Waals surface area contributed by atoms with Crippen LogP contribution in [0, 0.1) is 0 Å². The van der Waals surface area contributed by atoms with Gasteiger partial charge in [0.15, 0.2) is 0 Å². The molecule has 2 amide bonds. The van der Waals surface area contributed by atoms with Crippen molar-refractivity contribution in [1.29, 1.82) is 0 Å². The van der Waals surface area contributed by atoms with Crippen LogP contribution < -0.4 is 5.73 Å². The molecule has 0 unspecified atom stereocenters. The minimum absolute atomic E-state index is 0. The minimum atomic E-state index is -0.572. The Bertz CT molecular complexity index is 596. The summed E-state index contributed by atoms with van der Waals surface area (Å²) in [4.78, 5) is 25.5. The third-order valence-corrected chi connectivity index (χ3v) is 5.13. The van der Waals surface area contributed by atoms with E-state index in [0.717, 1.165) is 25.7 Å². The van der Waals surface area contributed by atoms with Gasteiger partial charge in [-0.25, -0.2) is 0 Å². The molecule has 4 atom stereocenters. The maximum atomic E-state index is 12.1. The zero-order chi connectivity index (χ0) is 17.3. The van der Waals surface area contributed by atoms with Crippen LogP contribution in [-0.4, -0.2) is 51.2 Å². The highest BCUT2D eigenvalue weighted by Gasteiger charge is 2.43. The van der Waals surface area contributed by atoms with E-state index in [9.17, 15) is 14.7 Å². The zero-order valence-electron chi connectivity index (χ0n) is 14.0. The monoisotopic (exact) mass is 368 g/mol. The Morgan fingerprint density at radius 2 is 1.40 bits per heavy atom. The van der Waals surface area contributed by atoms with Crippen molar-refractivity contribution in [3.63, 3.8) is 0 Å². The van der Waals surface area contributed by atoms with Gasteiger partial charge in [0.25, 0.3) is 11.8 Å². The molecule has 25 heavy (non-hydrogen) atoms. The normalized spacial score (nSPS) is 30.6. The molecule has 7 heteroatoms. The summed E-state index contributed by atoms with van der Waals surface area (Å²) < 4.78 is 0. The van der Waals surface area contributed by atoms with E-state index in [0.29, 0.717) is 24.0 Å². The first-order valence-corrected chi connectivity index (χ1v) is 8.59. The van der Waals surface area contributed by atoms with Crippen LogP contribution >= 0.6 is 12.4 Å². The molecule has 0 spiro atoms. The van der Waals surface area contributed by atoms with Gasteiger partial charge in [0.05, 0.1) is 29.4 Å². The summed E-state index contributed by atoms with van der Waals surface area (Å²) >= 11 is 0. The molecule has 138 valence electrons. The lowest BCUT2D eigenvalue weighted by atomic mass is 10.1. The number of rotatable bonds is 1. The van der Waals surface area contributed by atoms with E-state index in [4.69, 9.17) is 10.8 Å². The van der Waals surface area contributed by atoms with Gasteiger partial charge < -0.3 is 15.9 Å². The molecule has 0 saturated heterocycles. The molecule has 1 aliphatic heterocycles. The average Bonchev–Trinajstić information content (AvgIpc) is 3.23. The number of fused-ring (bicyclic) bond motifs is 1. The van der Waals surface area contributed by atoms with Gasteiger partial charge in [0.1, 0.15) is 0 Å². The van der Waals surface area contributed by atoms with Crippen molar-refractivity contribution in [3.05, 3.63) is 35.4 Å². The quantitative estimate of drug-likeness (QED) is 0.651. The number of hydrogen-bond acceptors (Lipinski definition) is 5. The van der Waals surface area contributed by atoms with Crippen LogP contribution in [0.4, 0.5) is 0 Å². The predicted molar refractivity (Wildman–Crippen MR) is 95.7 cm³/mol. The highest BCUT2D eigenvalue weighted by Crippen LogP contribution is 2.31. The van der Waals surface area contributed by atoms with Crippen LogP contribution in [-0.2, 0) is 0 Å². The lowest BCUT2D eigenvalue weighted by Gasteiger charge is -2.24. The van der Waals surface area contributed by atoms with E-state index < -0.39 is 6.10 Å². The van der Waals surface area contributed by atoms with Crippen molar-refractivity contribution in [2.45, 2.75) is 62.8 Å². The van der Waals surface area contributed by atoms with Crippen molar-refractivity contribution in [1.82, 2.24) is 4.90 Å². The molecule has 3 aliphatic rings. The first kappa shape index (κ1) is 19.8. The Morgan fingerprint density at radius 1 is 0.880 bits per heavy atom. The van der Waals surface area contributed by atoms with Gasteiger partial charge in [0, 0.05) is 6.04 Å². The summed E-state index contributed by atoms with van der Waals surface area (Å²) in [5, 5.41) is 18.7. The van der Waals surface area contributed by atoms with E-state index >= 15 is 0 Å². The summed E-state index contributed by atoms with van der Waals surface area (Å²) in [6, 6.07) is 6.55. The molecule has 0 radical (unpaired) electrons. The van der Waals surface area contributed by atoms with Crippen LogP contribution in [0.3, 0.4) is 0 Å². The van der Waals surface area contributed by atoms with E-state index in [1.807, 2.05) is 0 Å². The zero-order valence-corrected chi connectivity index (χ0v) is 14.8. The lowest BCUT2D eigenvalue weighted by molar-refractivity contribution is 0.0416. The van der Waals surface area contributed by atoms with Gasteiger partial charge in [-0.05, 0) is 50.7 Å². The first-order valence-electron chi connectivity index (χ1n) is 8.59. The maximum absolute atomic E-state index is 12.1. The summed E-state index contributed by atoms with van der Waals surface area (Å²) in [7, 11) is 0. The summed E-state index contributed by atoms with van der Waals surface area (Å²) in [5.74, 6) is -0.534. The molecule has 1 heterocycles. The topological polar surface area (TPSA) is 104 Å². The second-order valence-electron chi connectivity index (χ2n) is 6.75. The molecular formula is C18H25ClN2O4. The number of nitrogens with two attached hydrogens (primary N) is 1. The lowest BCUT2D eigenvalue weighted by Crippen LogP contribution is -2.44. The number of aliphatic hydroxyl groups is 2. The number of halogens is 1. The number of nitrogens with zero attached hydrogens (tertiary/aromatic N) is 1. The van der Waals surface area contributed by atoms with Crippen molar-refractivity contribution >= 4 is 24.2 Å². The Labute approximate surface area is 153 Å². The third kappa shape index (κ3) is 3.87. The number of benzene rings is 1. The number of aliphatic hydroxyl groups excluding tert-OH is 2. The first-order chi connectivity index (χ1) is 11.5. The molecule has 2 aliphatic carbocycles. The fraction of sp³-hybridized carbons (Fsp3) is 0.556. The number of carbonyl (C=O) groups excluding carboxylic acids is 2. The van der Waals surface area contributed by atoms with Crippen LogP contribution in [0.25, 0.3) is 0 Å². The van der Waals surface area contributed by atoms with Crippen molar-refractivity contribution in [2.24, 2.45) is 5.73 Å². The summed E-state index contributed by atoms with van der Waals surface area (Å²) in [6.45, 7) is 0. The number of hydrogen-bond donors (Lipinski definition) is 3. The van der Waals surface area contributed by atoms with E-state index in [1.54, 1.807) is 24.3 Å². The van der Waals surface area contributed by atoms with Crippen LogP contribution in [0.2, 0.25) is 0 Å². The largest absolute Gasteiger partial charge is 0.392 e. The predicted octanol–water partition coefficient (Wildman–Crippen LogP) is 1.48. The van der Waals surface area contributed by atoms with Gasteiger partial charge in [-0.1, -0.05) is 12.1 Å². The second kappa shape index (κ2) is 8.27. The van der Waals surface area contributed by atoms with Gasteiger partial charge in [0.2, 0.25) is 0 Å². The van der Waals surface area contributed by atoms with Gasteiger partial charge in [-0.2, -0.15) is 0 Å². The van der Waals surface area contributed by atoms with Crippen LogP contribution in [0.15, 0.2) is 24.3 Å². The Balaban J connectivity index is 0.000000240. The molecule has 1 aromatic carbocycles. The highest BCUT2D eigenvalue weighted by molar-refractivity contribution is 6.21. The molecular weight excluding hydrogens is 344 g/mol.